The fraction of sp³-hybridized carbons (Fsp3) is 0.400. The zero-order valence-electron chi connectivity index (χ0n) is 12.0. The molecule has 6 nitrogen and oxygen atoms in total. The van der Waals surface area contributed by atoms with Gasteiger partial charge in [-0.05, 0) is 43.0 Å². The van der Waals surface area contributed by atoms with Crippen molar-refractivity contribution in [3.05, 3.63) is 29.8 Å². The van der Waals surface area contributed by atoms with E-state index >= 15 is 0 Å². The summed E-state index contributed by atoms with van der Waals surface area (Å²) in [4.78, 5) is 36.5. The number of primary amides is 1. The maximum atomic E-state index is 12.1. The standard InChI is InChI=1S/C15H19N3O3/c1-10-3-2-8-18(9-10)15(21)14(20)17-12-6-4-11(5-7-12)13(16)19/h4-7,10H,2-3,8-9H2,1H3,(H2,16,19)(H,17,20). The quantitative estimate of drug-likeness (QED) is 0.795. The summed E-state index contributed by atoms with van der Waals surface area (Å²) in [6, 6.07) is 6.10. The lowest BCUT2D eigenvalue weighted by atomic mass is 10.0. The predicted octanol–water partition coefficient (Wildman–Crippen LogP) is 0.982. The number of likely N-dealkylation sites (tertiary alicyclic amines) is 1. The number of nitrogens with two attached hydrogens (primary N) is 1. The Morgan fingerprint density at radius 3 is 2.48 bits per heavy atom. The summed E-state index contributed by atoms with van der Waals surface area (Å²) in [5.41, 5.74) is 5.95. The summed E-state index contributed by atoms with van der Waals surface area (Å²) in [6.45, 7) is 3.31. The SMILES string of the molecule is CC1CCCN(C(=O)C(=O)Nc2ccc(C(N)=O)cc2)C1. The summed E-state index contributed by atoms with van der Waals surface area (Å²) in [5, 5.41) is 2.54. The van der Waals surface area contributed by atoms with Crippen LogP contribution in [0.2, 0.25) is 0 Å². The van der Waals surface area contributed by atoms with Crippen LogP contribution in [0.1, 0.15) is 30.1 Å². The van der Waals surface area contributed by atoms with E-state index in [9.17, 15) is 14.4 Å². The summed E-state index contributed by atoms with van der Waals surface area (Å²) in [5.74, 6) is -1.28. The van der Waals surface area contributed by atoms with Gasteiger partial charge in [-0.1, -0.05) is 6.92 Å². The number of nitrogens with zero attached hydrogens (tertiary/aromatic N) is 1. The molecule has 3 amide bonds. The van der Waals surface area contributed by atoms with Gasteiger partial charge in [-0.3, -0.25) is 14.4 Å². The zero-order chi connectivity index (χ0) is 15.4. The smallest absolute Gasteiger partial charge is 0.313 e. The minimum atomic E-state index is -0.657. The van der Waals surface area contributed by atoms with Gasteiger partial charge in [0.25, 0.3) is 0 Å². The van der Waals surface area contributed by atoms with Gasteiger partial charge in [0.15, 0.2) is 0 Å². The van der Waals surface area contributed by atoms with Crippen LogP contribution in [0.3, 0.4) is 0 Å². The van der Waals surface area contributed by atoms with Gasteiger partial charge in [0, 0.05) is 24.3 Å². The van der Waals surface area contributed by atoms with Crippen LogP contribution in [0.25, 0.3) is 0 Å². The highest BCUT2D eigenvalue weighted by Gasteiger charge is 2.26. The summed E-state index contributed by atoms with van der Waals surface area (Å²) in [6.07, 6.45) is 2.01. The van der Waals surface area contributed by atoms with Gasteiger partial charge in [-0.15, -0.1) is 0 Å². The van der Waals surface area contributed by atoms with Crippen LogP contribution in [0.15, 0.2) is 24.3 Å². The molecule has 1 saturated heterocycles. The number of carbonyl (C=O) groups is 3. The lowest BCUT2D eigenvalue weighted by molar-refractivity contribution is -0.144. The normalized spacial score (nSPS) is 18.1. The van der Waals surface area contributed by atoms with Crippen molar-refractivity contribution in [2.45, 2.75) is 19.8 Å². The van der Waals surface area contributed by atoms with Crippen LogP contribution >= 0.6 is 0 Å². The highest BCUT2D eigenvalue weighted by atomic mass is 16.2. The Morgan fingerprint density at radius 1 is 1.24 bits per heavy atom. The van der Waals surface area contributed by atoms with Crippen molar-refractivity contribution < 1.29 is 14.4 Å². The number of nitrogens with one attached hydrogen (secondary N) is 1. The second-order valence-electron chi connectivity index (χ2n) is 5.39. The third kappa shape index (κ3) is 3.81. The van der Waals surface area contributed by atoms with Crippen molar-refractivity contribution in [3.8, 4) is 0 Å². The van der Waals surface area contributed by atoms with Crippen LogP contribution in [-0.2, 0) is 9.59 Å². The summed E-state index contributed by atoms with van der Waals surface area (Å²) < 4.78 is 0. The van der Waals surface area contributed by atoms with E-state index in [0.717, 1.165) is 12.8 Å². The number of hydrogen-bond donors (Lipinski definition) is 2. The Hall–Kier alpha value is -2.37. The number of benzene rings is 1. The molecule has 0 aliphatic carbocycles. The Morgan fingerprint density at radius 2 is 1.90 bits per heavy atom. The fourth-order valence-electron chi connectivity index (χ4n) is 2.42. The van der Waals surface area contributed by atoms with Gasteiger partial charge in [0.2, 0.25) is 5.91 Å². The van der Waals surface area contributed by atoms with Gasteiger partial charge >= 0.3 is 11.8 Å². The highest BCUT2D eigenvalue weighted by Crippen LogP contribution is 2.16. The van der Waals surface area contributed by atoms with Crippen LogP contribution in [0.5, 0.6) is 0 Å². The molecule has 1 aromatic carbocycles. The van der Waals surface area contributed by atoms with Gasteiger partial charge in [-0.25, -0.2) is 0 Å². The molecule has 1 aromatic rings. The first-order chi connectivity index (χ1) is 9.97. The Bertz CT molecular complexity index is 554. The Labute approximate surface area is 123 Å². The molecule has 3 N–H and O–H groups in total. The van der Waals surface area contributed by atoms with Crippen molar-refractivity contribution >= 4 is 23.4 Å². The average molecular weight is 289 g/mol. The minimum absolute atomic E-state index is 0.351. The molecule has 1 fully saturated rings. The van der Waals surface area contributed by atoms with Crippen molar-refractivity contribution in [2.75, 3.05) is 18.4 Å². The minimum Gasteiger partial charge on any atom is -0.366 e. The van der Waals surface area contributed by atoms with E-state index in [2.05, 4.69) is 12.2 Å². The number of amides is 3. The number of anilines is 1. The topological polar surface area (TPSA) is 92.5 Å². The molecule has 1 unspecified atom stereocenters. The first kappa shape index (κ1) is 15.0. The summed E-state index contributed by atoms with van der Waals surface area (Å²) >= 11 is 0. The van der Waals surface area contributed by atoms with E-state index in [4.69, 9.17) is 5.73 Å². The van der Waals surface area contributed by atoms with Crippen molar-refractivity contribution in [2.24, 2.45) is 11.7 Å². The molecule has 1 atom stereocenters. The number of hydrogen-bond acceptors (Lipinski definition) is 3. The third-order valence-electron chi connectivity index (χ3n) is 3.57. The molecule has 21 heavy (non-hydrogen) atoms. The molecule has 1 heterocycles. The van der Waals surface area contributed by atoms with Crippen molar-refractivity contribution in [1.82, 2.24) is 4.90 Å². The second kappa shape index (κ2) is 6.39. The van der Waals surface area contributed by atoms with E-state index in [1.54, 1.807) is 17.0 Å². The van der Waals surface area contributed by atoms with E-state index in [0.29, 0.717) is 30.3 Å². The molecule has 1 aliphatic heterocycles. The maximum absolute atomic E-state index is 12.1. The van der Waals surface area contributed by atoms with E-state index in [-0.39, 0.29) is 0 Å². The van der Waals surface area contributed by atoms with Gasteiger partial charge in [0.1, 0.15) is 0 Å². The van der Waals surface area contributed by atoms with E-state index in [1.807, 2.05) is 0 Å². The first-order valence-corrected chi connectivity index (χ1v) is 6.97. The largest absolute Gasteiger partial charge is 0.366 e. The summed E-state index contributed by atoms with van der Waals surface area (Å²) in [7, 11) is 0. The molecular formula is C15H19N3O3. The molecular weight excluding hydrogens is 270 g/mol. The van der Waals surface area contributed by atoms with Crippen LogP contribution in [-0.4, -0.2) is 35.7 Å². The second-order valence-corrected chi connectivity index (χ2v) is 5.39. The predicted molar refractivity (Wildman–Crippen MR) is 78.6 cm³/mol. The highest BCUT2D eigenvalue weighted by molar-refractivity contribution is 6.39. The molecule has 0 saturated carbocycles. The van der Waals surface area contributed by atoms with Gasteiger partial charge in [0.05, 0.1) is 0 Å². The van der Waals surface area contributed by atoms with Crippen LogP contribution < -0.4 is 11.1 Å². The molecule has 0 aromatic heterocycles. The Balaban J connectivity index is 1.97. The lowest BCUT2D eigenvalue weighted by Gasteiger charge is -2.30. The Kier molecular flexibility index (Phi) is 4.57. The zero-order valence-corrected chi connectivity index (χ0v) is 12.0. The monoisotopic (exact) mass is 289 g/mol. The number of piperidine rings is 1. The third-order valence-corrected chi connectivity index (χ3v) is 3.57. The van der Waals surface area contributed by atoms with Crippen LogP contribution in [0.4, 0.5) is 5.69 Å². The van der Waals surface area contributed by atoms with Crippen molar-refractivity contribution in [3.63, 3.8) is 0 Å². The van der Waals surface area contributed by atoms with E-state index in [1.165, 1.54) is 12.1 Å². The first-order valence-electron chi connectivity index (χ1n) is 6.97. The van der Waals surface area contributed by atoms with Gasteiger partial charge < -0.3 is 16.0 Å². The molecule has 112 valence electrons. The lowest BCUT2D eigenvalue weighted by Crippen LogP contribution is -2.44. The van der Waals surface area contributed by atoms with Crippen molar-refractivity contribution in [1.29, 1.82) is 0 Å². The average Bonchev–Trinajstić information content (AvgIpc) is 2.47. The maximum Gasteiger partial charge on any atom is 0.313 e. The molecule has 0 bridgehead atoms. The van der Waals surface area contributed by atoms with Crippen LogP contribution in [0, 0.1) is 5.92 Å². The number of rotatable bonds is 2. The molecule has 0 spiro atoms. The molecule has 6 heteroatoms. The van der Waals surface area contributed by atoms with Gasteiger partial charge in [-0.2, -0.15) is 0 Å². The fourth-order valence-corrected chi connectivity index (χ4v) is 2.42. The van der Waals surface area contributed by atoms with E-state index < -0.39 is 17.7 Å². The molecule has 0 radical (unpaired) electrons. The molecule has 2 rings (SSSR count). The number of carbonyl (C=O) groups excluding carboxylic acids is 3. The molecule has 1 aliphatic rings.